The molecule has 0 radical (unpaired) electrons. The van der Waals surface area contributed by atoms with Gasteiger partial charge in [0.1, 0.15) is 10.6 Å². The number of methoxy groups -OCH3 is 1. The summed E-state index contributed by atoms with van der Waals surface area (Å²) >= 11 is 3.32. The molecule has 1 atom stereocenters. The van der Waals surface area contributed by atoms with E-state index >= 15 is 0 Å². The molecule has 2 aromatic rings. The molecule has 0 fully saturated rings. The van der Waals surface area contributed by atoms with Crippen molar-refractivity contribution in [2.75, 3.05) is 27.7 Å². The normalized spacial score (nSPS) is 13.0. The summed E-state index contributed by atoms with van der Waals surface area (Å²) in [5, 5.41) is 0. The molecule has 0 saturated heterocycles. The Balaban J connectivity index is 2.23. The monoisotopic (exact) mass is 440 g/mol. The van der Waals surface area contributed by atoms with E-state index in [0.29, 0.717) is 10.2 Å². The summed E-state index contributed by atoms with van der Waals surface area (Å²) in [6, 6.07) is 13.1. The SMILES string of the molecule is CCc1ccc(C(CNS(=O)(=O)c2cc(Br)ccc2OC)N(C)C)cc1. The second-order valence-corrected chi connectivity index (χ2v) is 8.87. The Hall–Kier alpha value is -1.41. The maximum Gasteiger partial charge on any atom is 0.244 e. The van der Waals surface area contributed by atoms with E-state index in [9.17, 15) is 8.42 Å². The molecule has 0 aromatic heterocycles. The Kier molecular flexibility index (Phi) is 7.23. The van der Waals surface area contributed by atoms with Gasteiger partial charge in [-0.15, -0.1) is 0 Å². The van der Waals surface area contributed by atoms with Gasteiger partial charge in [0.05, 0.1) is 7.11 Å². The lowest BCUT2D eigenvalue weighted by Gasteiger charge is -2.25. The molecule has 0 amide bonds. The molecule has 1 N–H and O–H groups in total. The van der Waals surface area contributed by atoms with Gasteiger partial charge in [0.2, 0.25) is 10.0 Å². The maximum atomic E-state index is 12.8. The number of likely N-dealkylation sites (N-methyl/N-ethyl adjacent to an activating group) is 1. The number of halogens is 1. The molecule has 0 bridgehead atoms. The Morgan fingerprint density at radius 3 is 2.35 bits per heavy atom. The number of hydrogen-bond acceptors (Lipinski definition) is 4. The number of nitrogens with zero attached hydrogens (tertiary/aromatic N) is 1. The maximum absolute atomic E-state index is 12.8. The third-order valence-corrected chi connectivity index (χ3v) is 6.22. The molecule has 0 saturated carbocycles. The van der Waals surface area contributed by atoms with Crippen molar-refractivity contribution in [3.63, 3.8) is 0 Å². The van der Waals surface area contributed by atoms with Crippen LogP contribution in [0.15, 0.2) is 51.8 Å². The summed E-state index contributed by atoms with van der Waals surface area (Å²) in [4.78, 5) is 2.12. The largest absolute Gasteiger partial charge is 0.495 e. The lowest BCUT2D eigenvalue weighted by molar-refractivity contribution is 0.299. The van der Waals surface area contributed by atoms with Crippen molar-refractivity contribution in [3.05, 3.63) is 58.1 Å². The minimum absolute atomic E-state index is 0.0752. The van der Waals surface area contributed by atoms with Crippen LogP contribution in [-0.4, -0.2) is 41.1 Å². The molecule has 0 aliphatic carbocycles. The average Bonchev–Trinajstić information content (AvgIpc) is 2.62. The third kappa shape index (κ3) is 5.07. The van der Waals surface area contributed by atoms with Crippen LogP contribution >= 0.6 is 15.9 Å². The van der Waals surface area contributed by atoms with Gasteiger partial charge in [-0.25, -0.2) is 13.1 Å². The molecule has 0 spiro atoms. The van der Waals surface area contributed by atoms with E-state index in [4.69, 9.17) is 4.74 Å². The highest BCUT2D eigenvalue weighted by Gasteiger charge is 2.23. The first-order valence-corrected chi connectivity index (χ1v) is 10.6. The zero-order valence-corrected chi connectivity index (χ0v) is 17.9. The zero-order chi connectivity index (χ0) is 19.3. The first kappa shape index (κ1) is 20.9. The van der Waals surface area contributed by atoms with Gasteiger partial charge in [-0.2, -0.15) is 0 Å². The summed E-state index contributed by atoms with van der Waals surface area (Å²) in [5.74, 6) is 0.314. The predicted molar refractivity (Wildman–Crippen MR) is 108 cm³/mol. The molecular formula is C19H25BrN2O3S. The first-order valence-electron chi connectivity index (χ1n) is 8.37. The number of rotatable bonds is 8. The lowest BCUT2D eigenvalue weighted by atomic mass is 10.0. The highest BCUT2D eigenvalue weighted by Crippen LogP contribution is 2.27. The molecule has 142 valence electrons. The molecule has 2 rings (SSSR count). The van der Waals surface area contributed by atoms with Crippen LogP contribution in [0.2, 0.25) is 0 Å². The summed E-state index contributed by atoms with van der Waals surface area (Å²) in [5.41, 5.74) is 2.32. The van der Waals surface area contributed by atoms with Crippen molar-refractivity contribution in [2.24, 2.45) is 0 Å². The number of aryl methyl sites for hydroxylation is 1. The Morgan fingerprint density at radius 1 is 1.15 bits per heavy atom. The Labute approximate surface area is 164 Å². The van der Waals surface area contributed by atoms with Crippen LogP contribution in [-0.2, 0) is 16.4 Å². The van der Waals surface area contributed by atoms with E-state index in [0.717, 1.165) is 12.0 Å². The fraction of sp³-hybridized carbons (Fsp3) is 0.368. The van der Waals surface area contributed by atoms with Crippen molar-refractivity contribution in [1.82, 2.24) is 9.62 Å². The van der Waals surface area contributed by atoms with Gasteiger partial charge >= 0.3 is 0 Å². The minimum atomic E-state index is -3.71. The standard InChI is InChI=1S/C19H25BrN2O3S/c1-5-14-6-8-15(9-7-14)17(22(2)3)13-21-26(23,24)19-12-16(20)10-11-18(19)25-4/h6-12,17,21H,5,13H2,1-4H3. The molecule has 0 aliphatic heterocycles. The van der Waals surface area contributed by atoms with Crippen LogP contribution in [0, 0.1) is 0 Å². The molecule has 5 nitrogen and oxygen atoms in total. The van der Waals surface area contributed by atoms with Crippen LogP contribution in [0.5, 0.6) is 5.75 Å². The first-order chi connectivity index (χ1) is 12.3. The number of ether oxygens (including phenoxy) is 1. The zero-order valence-electron chi connectivity index (χ0n) is 15.5. The minimum Gasteiger partial charge on any atom is -0.495 e. The van der Waals surface area contributed by atoms with Crippen molar-refractivity contribution in [3.8, 4) is 5.75 Å². The molecule has 26 heavy (non-hydrogen) atoms. The summed E-state index contributed by atoms with van der Waals surface area (Å²) in [7, 11) is 1.63. The van der Waals surface area contributed by atoms with Crippen molar-refractivity contribution in [2.45, 2.75) is 24.3 Å². The second kappa shape index (κ2) is 8.99. The lowest BCUT2D eigenvalue weighted by Crippen LogP contribution is -2.34. The quantitative estimate of drug-likeness (QED) is 0.680. The van der Waals surface area contributed by atoms with E-state index in [-0.39, 0.29) is 17.5 Å². The third-order valence-electron chi connectivity index (χ3n) is 4.28. The van der Waals surface area contributed by atoms with Crippen molar-refractivity contribution in [1.29, 1.82) is 0 Å². The van der Waals surface area contributed by atoms with Crippen molar-refractivity contribution >= 4 is 26.0 Å². The summed E-state index contributed by atoms with van der Waals surface area (Å²) < 4.78 is 34.2. The van der Waals surface area contributed by atoms with Crippen LogP contribution in [0.1, 0.15) is 24.1 Å². The number of sulfonamides is 1. The van der Waals surface area contributed by atoms with Gasteiger partial charge in [0, 0.05) is 17.1 Å². The van der Waals surface area contributed by atoms with Crippen LogP contribution in [0.25, 0.3) is 0 Å². The summed E-state index contributed by atoms with van der Waals surface area (Å²) in [6.45, 7) is 2.37. The van der Waals surface area contributed by atoms with Crippen molar-refractivity contribution < 1.29 is 13.2 Å². The fourth-order valence-corrected chi connectivity index (χ4v) is 4.44. The van der Waals surface area contributed by atoms with Crippen LogP contribution < -0.4 is 9.46 Å². The predicted octanol–water partition coefficient (Wildman–Crippen LogP) is 3.60. The highest BCUT2D eigenvalue weighted by molar-refractivity contribution is 9.10. The number of hydrogen-bond donors (Lipinski definition) is 1. The molecule has 0 aliphatic rings. The van der Waals surface area contributed by atoms with Crippen LogP contribution in [0.4, 0.5) is 0 Å². The van der Waals surface area contributed by atoms with Gasteiger partial charge in [-0.1, -0.05) is 47.1 Å². The fourth-order valence-electron chi connectivity index (χ4n) is 2.70. The number of benzene rings is 2. The Bertz CT molecular complexity index is 836. The topological polar surface area (TPSA) is 58.6 Å². The highest BCUT2D eigenvalue weighted by atomic mass is 79.9. The Morgan fingerprint density at radius 2 is 1.81 bits per heavy atom. The molecule has 7 heteroatoms. The van der Waals surface area contributed by atoms with Gasteiger partial charge in [-0.3, -0.25) is 0 Å². The van der Waals surface area contributed by atoms with Gasteiger partial charge < -0.3 is 9.64 Å². The smallest absolute Gasteiger partial charge is 0.244 e. The second-order valence-electron chi connectivity index (χ2n) is 6.22. The van der Waals surface area contributed by atoms with E-state index in [2.05, 4.69) is 51.8 Å². The van der Waals surface area contributed by atoms with E-state index in [1.807, 2.05) is 19.0 Å². The van der Waals surface area contributed by atoms with E-state index in [1.54, 1.807) is 18.2 Å². The molecule has 2 aromatic carbocycles. The van der Waals surface area contributed by atoms with Gasteiger partial charge in [0.15, 0.2) is 0 Å². The average molecular weight is 441 g/mol. The van der Waals surface area contributed by atoms with Crippen LogP contribution in [0.3, 0.4) is 0 Å². The molecule has 0 heterocycles. The number of nitrogens with one attached hydrogen (secondary N) is 1. The van der Waals surface area contributed by atoms with Gasteiger partial charge in [-0.05, 0) is 49.8 Å². The van der Waals surface area contributed by atoms with E-state index < -0.39 is 10.0 Å². The summed E-state index contributed by atoms with van der Waals surface area (Å²) in [6.07, 6.45) is 0.974. The van der Waals surface area contributed by atoms with E-state index in [1.165, 1.54) is 12.7 Å². The molecular weight excluding hydrogens is 416 g/mol. The van der Waals surface area contributed by atoms with Gasteiger partial charge in [0.25, 0.3) is 0 Å². The molecule has 1 unspecified atom stereocenters.